The molecule has 0 spiro atoms. The molecule has 1 heterocycles. The Balaban J connectivity index is 2.06. The predicted molar refractivity (Wildman–Crippen MR) is 136 cm³/mol. The molecule has 0 aliphatic rings. The van der Waals surface area contributed by atoms with Crippen molar-refractivity contribution in [3.63, 3.8) is 0 Å². The molecule has 0 saturated heterocycles. The van der Waals surface area contributed by atoms with E-state index in [1.165, 1.54) is 16.4 Å². The summed E-state index contributed by atoms with van der Waals surface area (Å²) in [4.78, 5) is 54.6. The fourth-order valence-electron chi connectivity index (χ4n) is 3.90. The second-order valence-electron chi connectivity index (χ2n) is 8.33. The van der Waals surface area contributed by atoms with Gasteiger partial charge in [-0.1, -0.05) is 74.0 Å². The Bertz CT molecular complexity index is 1270. The van der Waals surface area contributed by atoms with Gasteiger partial charge in [0, 0.05) is 13.5 Å². The molecule has 1 aromatic heterocycles. The van der Waals surface area contributed by atoms with Crippen molar-refractivity contribution >= 4 is 23.3 Å². The third-order valence-electron chi connectivity index (χ3n) is 5.66. The average Bonchev–Trinajstić information content (AvgIpc) is 2.83. The minimum Gasteiger partial charge on any atom is -0.383 e. The van der Waals surface area contributed by atoms with Gasteiger partial charge in [-0.15, -0.1) is 0 Å². The van der Waals surface area contributed by atoms with Gasteiger partial charge in [-0.05, 0) is 17.5 Å². The average molecular weight is 478 g/mol. The number of hydrogen-bond donors (Lipinski definition) is 3. The molecular formula is C26H31N5O4. The molecule has 35 heavy (non-hydrogen) atoms. The van der Waals surface area contributed by atoms with Crippen LogP contribution in [0.25, 0.3) is 0 Å². The van der Waals surface area contributed by atoms with Crippen molar-refractivity contribution in [2.45, 2.75) is 52.2 Å². The molecule has 1 atom stereocenters. The molecule has 9 nitrogen and oxygen atoms in total. The molecule has 0 aliphatic heterocycles. The monoisotopic (exact) mass is 477 g/mol. The van der Waals surface area contributed by atoms with Gasteiger partial charge in [-0.2, -0.15) is 0 Å². The number of aromatic nitrogens is 2. The Hall–Kier alpha value is -4.14. The summed E-state index contributed by atoms with van der Waals surface area (Å²) in [5, 5.41) is 2.82. The van der Waals surface area contributed by atoms with Crippen LogP contribution in [0.3, 0.4) is 0 Å². The zero-order chi connectivity index (χ0) is 25.4. The summed E-state index contributed by atoms with van der Waals surface area (Å²) in [5.41, 5.74) is 6.43. The lowest BCUT2D eigenvalue weighted by molar-refractivity contribution is -0.121. The molecule has 0 radical (unpaired) electrons. The Kier molecular flexibility index (Phi) is 8.61. The van der Waals surface area contributed by atoms with Gasteiger partial charge in [0.25, 0.3) is 5.56 Å². The summed E-state index contributed by atoms with van der Waals surface area (Å²) in [7, 11) is 0. The molecule has 0 aliphatic carbocycles. The first-order chi connectivity index (χ1) is 16.8. The zero-order valence-electron chi connectivity index (χ0n) is 20.0. The zero-order valence-corrected chi connectivity index (χ0v) is 20.0. The fourth-order valence-corrected chi connectivity index (χ4v) is 3.90. The Morgan fingerprint density at radius 3 is 2.29 bits per heavy atom. The molecule has 0 fully saturated rings. The lowest BCUT2D eigenvalue weighted by atomic mass is 10.0. The number of nitrogens with zero attached hydrogens (tertiary/aromatic N) is 2. The van der Waals surface area contributed by atoms with E-state index in [-0.39, 0.29) is 30.4 Å². The molecule has 0 bridgehead atoms. The van der Waals surface area contributed by atoms with Crippen LogP contribution < -0.4 is 27.2 Å². The lowest BCUT2D eigenvalue weighted by Crippen LogP contribution is -2.42. The van der Waals surface area contributed by atoms with Crippen molar-refractivity contribution in [2.75, 3.05) is 10.6 Å². The van der Waals surface area contributed by atoms with E-state index in [1.807, 2.05) is 67.6 Å². The molecule has 0 saturated carbocycles. The number of nitrogen functional groups attached to an aromatic ring is 1. The maximum absolute atomic E-state index is 13.7. The summed E-state index contributed by atoms with van der Waals surface area (Å²) in [5.74, 6) is -0.770. The Morgan fingerprint density at radius 2 is 1.69 bits per heavy atom. The predicted octanol–water partition coefficient (Wildman–Crippen LogP) is 2.72. The first kappa shape index (κ1) is 25.5. The minimum absolute atomic E-state index is 0.0627. The van der Waals surface area contributed by atoms with Crippen LogP contribution in [0.4, 0.5) is 11.5 Å². The highest BCUT2D eigenvalue weighted by molar-refractivity contribution is 5.96. The van der Waals surface area contributed by atoms with Crippen molar-refractivity contribution in [1.29, 1.82) is 0 Å². The van der Waals surface area contributed by atoms with Gasteiger partial charge in [0.15, 0.2) is 5.69 Å². The largest absolute Gasteiger partial charge is 0.383 e. The number of H-pyrrole nitrogens is 1. The number of benzene rings is 2. The second kappa shape index (κ2) is 11.8. The van der Waals surface area contributed by atoms with Gasteiger partial charge >= 0.3 is 5.69 Å². The van der Waals surface area contributed by atoms with Crippen LogP contribution in [0.2, 0.25) is 0 Å². The summed E-state index contributed by atoms with van der Waals surface area (Å²) < 4.78 is 1.29. The van der Waals surface area contributed by atoms with E-state index < -0.39 is 23.2 Å². The lowest BCUT2D eigenvalue weighted by Gasteiger charge is -2.27. The van der Waals surface area contributed by atoms with E-state index in [0.717, 1.165) is 17.5 Å². The van der Waals surface area contributed by atoms with Gasteiger partial charge in [0.05, 0.1) is 19.0 Å². The van der Waals surface area contributed by atoms with Crippen molar-refractivity contribution in [3.8, 4) is 0 Å². The van der Waals surface area contributed by atoms with Crippen LogP contribution in [0.5, 0.6) is 0 Å². The Morgan fingerprint density at radius 1 is 1.06 bits per heavy atom. The summed E-state index contributed by atoms with van der Waals surface area (Å²) in [6, 6.07) is 17.7. The van der Waals surface area contributed by atoms with Gasteiger partial charge in [-0.25, -0.2) is 4.79 Å². The highest BCUT2D eigenvalue weighted by Gasteiger charge is 2.27. The van der Waals surface area contributed by atoms with E-state index in [1.54, 1.807) is 0 Å². The van der Waals surface area contributed by atoms with E-state index >= 15 is 0 Å². The van der Waals surface area contributed by atoms with E-state index in [9.17, 15) is 19.2 Å². The normalized spacial score (nSPS) is 11.6. The van der Waals surface area contributed by atoms with Crippen LogP contribution >= 0.6 is 0 Å². The smallest absolute Gasteiger partial charge is 0.330 e. The van der Waals surface area contributed by atoms with Crippen LogP contribution in [0.15, 0.2) is 70.3 Å². The fraction of sp³-hybridized carbons (Fsp3) is 0.308. The van der Waals surface area contributed by atoms with E-state index in [2.05, 4.69) is 10.3 Å². The van der Waals surface area contributed by atoms with Crippen LogP contribution in [0, 0.1) is 0 Å². The number of rotatable bonds is 10. The van der Waals surface area contributed by atoms with Gasteiger partial charge < -0.3 is 11.1 Å². The van der Waals surface area contributed by atoms with E-state index in [4.69, 9.17) is 5.73 Å². The van der Waals surface area contributed by atoms with Gasteiger partial charge in [0.2, 0.25) is 11.8 Å². The van der Waals surface area contributed by atoms with Crippen LogP contribution in [-0.2, 0) is 22.7 Å². The molecular weight excluding hydrogens is 446 g/mol. The highest BCUT2D eigenvalue weighted by atomic mass is 16.2. The summed E-state index contributed by atoms with van der Waals surface area (Å²) in [6.07, 6.45) is 1.40. The molecule has 1 unspecified atom stereocenters. The topological polar surface area (TPSA) is 130 Å². The molecule has 4 N–H and O–H groups in total. The highest BCUT2D eigenvalue weighted by Crippen LogP contribution is 2.24. The van der Waals surface area contributed by atoms with Gasteiger partial charge in [-0.3, -0.25) is 28.8 Å². The molecule has 3 aromatic rings. The quantitative estimate of drug-likeness (QED) is 0.413. The molecule has 2 aromatic carbocycles. The molecule has 2 amide bonds. The molecule has 3 rings (SSSR count). The third kappa shape index (κ3) is 6.47. The number of anilines is 2. The number of carbonyl (C=O) groups is 2. The Labute approximate surface area is 203 Å². The van der Waals surface area contributed by atoms with Crippen molar-refractivity contribution in [3.05, 3.63) is 92.6 Å². The maximum Gasteiger partial charge on any atom is 0.330 e. The van der Waals surface area contributed by atoms with E-state index in [0.29, 0.717) is 13.0 Å². The van der Waals surface area contributed by atoms with Crippen LogP contribution in [-0.4, -0.2) is 21.4 Å². The first-order valence-electron chi connectivity index (χ1n) is 11.6. The van der Waals surface area contributed by atoms with Gasteiger partial charge in [0.1, 0.15) is 5.82 Å². The second-order valence-corrected chi connectivity index (χ2v) is 8.33. The molecule has 184 valence electrons. The van der Waals surface area contributed by atoms with Crippen molar-refractivity contribution in [2.24, 2.45) is 0 Å². The number of hydrogen-bond acceptors (Lipinski definition) is 5. The van der Waals surface area contributed by atoms with Crippen molar-refractivity contribution in [1.82, 2.24) is 14.9 Å². The summed E-state index contributed by atoms with van der Waals surface area (Å²) in [6.45, 7) is 3.75. The molecule has 9 heteroatoms. The standard InChI is InChI=1S/C26H31N5O4/c1-3-4-15-30-24(27)23(25(34)29-26(30)35)31(17-19-11-7-5-8-12-19)22(33)16-21(28-18(2)32)20-13-9-6-10-14-20/h5-14,21H,3-4,15-17,27H2,1-2H3,(H,28,32)(H,29,34,35). The minimum atomic E-state index is -0.736. The maximum atomic E-state index is 13.7. The summed E-state index contributed by atoms with van der Waals surface area (Å²) >= 11 is 0. The van der Waals surface area contributed by atoms with Crippen LogP contribution in [0.1, 0.15) is 50.3 Å². The number of unbranched alkanes of at least 4 members (excludes halogenated alkanes) is 1. The number of amides is 2. The van der Waals surface area contributed by atoms with Crippen molar-refractivity contribution < 1.29 is 9.59 Å². The third-order valence-corrected chi connectivity index (χ3v) is 5.66. The SMILES string of the molecule is CCCCn1c(N)c(N(Cc2ccccc2)C(=O)CC(NC(C)=O)c2ccccc2)c(=O)[nH]c1=O. The number of aromatic amines is 1. The number of nitrogens with one attached hydrogen (secondary N) is 2. The number of carbonyl (C=O) groups excluding carboxylic acids is 2. The number of nitrogens with two attached hydrogens (primary N) is 1. The first-order valence-corrected chi connectivity index (χ1v) is 11.6.